The standard InChI is InChI=1S/C20H18Cl2N2O2/c21-14-2-1-3-15(22)19(14)20-18-11-5-4-10(8-11)17(18)13-9-12(24(25)26)6-7-16(13)23-20/h1-3,6-7,9-11,17-18,20,23H,4-5,8H2. The van der Waals surface area contributed by atoms with E-state index in [2.05, 4.69) is 5.32 Å². The second kappa shape index (κ2) is 5.86. The summed E-state index contributed by atoms with van der Waals surface area (Å²) in [6, 6.07) is 10.9. The highest BCUT2D eigenvalue weighted by Gasteiger charge is 2.54. The summed E-state index contributed by atoms with van der Waals surface area (Å²) >= 11 is 13.1. The van der Waals surface area contributed by atoms with E-state index in [1.54, 1.807) is 12.1 Å². The highest BCUT2D eigenvalue weighted by atomic mass is 35.5. The Kier molecular flexibility index (Phi) is 3.70. The maximum Gasteiger partial charge on any atom is 0.269 e. The molecule has 26 heavy (non-hydrogen) atoms. The third kappa shape index (κ3) is 2.28. The molecule has 3 aliphatic rings. The average Bonchev–Trinajstić information content (AvgIpc) is 3.23. The van der Waals surface area contributed by atoms with Crippen molar-refractivity contribution >= 4 is 34.6 Å². The van der Waals surface area contributed by atoms with Crippen LogP contribution in [-0.2, 0) is 0 Å². The van der Waals surface area contributed by atoms with Gasteiger partial charge in [-0.25, -0.2) is 0 Å². The Morgan fingerprint density at radius 1 is 1.08 bits per heavy atom. The maximum absolute atomic E-state index is 11.3. The molecule has 4 nitrogen and oxygen atoms in total. The molecule has 0 spiro atoms. The van der Waals surface area contributed by atoms with E-state index >= 15 is 0 Å². The molecule has 0 aromatic heterocycles. The lowest BCUT2D eigenvalue weighted by Crippen LogP contribution is -2.35. The maximum atomic E-state index is 11.3. The molecule has 6 heteroatoms. The van der Waals surface area contributed by atoms with Crippen LogP contribution in [-0.4, -0.2) is 4.92 Å². The van der Waals surface area contributed by atoms with Crippen LogP contribution in [0.2, 0.25) is 10.0 Å². The van der Waals surface area contributed by atoms with Gasteiger partial charge in [-0.1, -0.05) is 29.3 Å². The number of halogens is 2. The fourth-order valence-corrected chi connectivity index (χ4v) is 6.32. The van der Waals surface area contributed by atoms with Crippen molar-refractivity contribution in [1.29, 1.82) is 0 Å². The Morgan fingerprint density at radius 3 is 2.54 bits per heavy atom. The van der Waals surface area contributed by atoms with Gasteiger partial charge in [0.2, 0.25) is 0 Å². The summed E-state index contributed by atoms with van der Waals surface area (Å²) in [6.07, 6.45) is 3.62. The van der Waals surface area contributed by atoms with Gasteiger partial charge in [-0.05, 0) is 66.7 Å². The number of nitro groups is 1. The fourth-order valence-electron chi connectivity index (χ4n) is 5.68. The van der Waals surface area contributed by atoms with Crippen LogP contribution < -0.4 is 5.32 Å². The molecule has 134 valence electrons. The molecule has 2 aromatic carbocycles. The van der Waals surface area contributed by atoms with Gasteiger partial charge < -0.3 is 5.32 Å². The minimum atomic E-state index is -0.306. The highest BCUT2D eigenvalue weighted by molar-refractivity contribution is 6.36. The Bertz CT molecular complexity index is 896. The Hall–Kier alpha value is -1.78. The molecule has 1 N–H and O–H groups in total. The van der Waals surface area contributed by atoms with Gasteiger partial charge >= 0.3 is 0 Å². The lowest BCUT2D eigenvalue weighted by molar-refractivity contribution is -0.384. The smallest absolute Gasteiger partial charge is 0.269 e. The van der Waals surface area contributed by atoms with Gasteiger partial charge in [0.15, 0.2) is 0 Å². The van der Waals surface area contributed by atoms with Crippen molar-refractivity contribution in [2.75, 3.05) is 5.32 Å². The number of non-ortho nitro benzene ring substituents is 1. The second-order valence-electron chi connectivity index (χ2n) is 7.72. The first-order chi connectivity index (χ1) is 12.5. The minimum Gasteiger partial charge on any atom is -0.378 e. The van der Waals surface area contributed by atoms with E-state index in [0.29, 0.717) is 33.7 Å². The first-order valence-corrected chi connectivity index (χ1v) is 9.79. The number of fused-ring (bicyclic) bond motifs is 7. The van der Waals surface area contributed by atoms with Gasteiger partial charge in [-0.3, -0.25) is 10.1 Å². The van der Waals surface area contributed by atoms with Gasteiger partial charge in [0.25, 0.3) is 5.69 Å². The summed E-state index contributed by atoms with van der Waals surface area (Å²) in [5, 5.41) is 16.3. The van der Waals surface area contributed by atoms with Gasteiger partial charge in [0.05, 0.1) is 11.0 Å². The normalized spacial score (nSPS) is 31.2. The summed E-state index contributed by atoms with van der Waals surface area (Å²) in [6.45, 7) is 0. The average molecular weight is 389 g/mol. The van der Waals surface area contributed by atoms with Crippen LogP contribution in [0.1, 0.15) is 42.3 Å². The molecule has 0 radical (unpaired) electrons. The SMILES string of the molecule is O=[N+]([O-])c1ccc2c(c1)C1C3CCC(C3)C1C(c1c(Cl)cccc1Cl)N2. The fraction of sp³-hybridized carbons (Fsp3) is 0.400. The number of anilines is 1. The molecule has 2 saturated carbocycles. The third-order valence-corrected chi connectivity index (χ3v) is 7.25. The van der Waals surface area contributed by atoms with E-state index in [4.69, 9.17) is 23.2 Å². The molecule has 2 fully saturated rings. The first-order valence-electron chi connectivity index (χ1n) is 9.03. The molecule has 1 aliphatic heterocycles. The number of hydrogen-bond acceptors (Lipinski definition) is 3. The number of benzene rings is 2. The number of rotatable bonds is 2. The number of nitrogens with zero attached hydrogens (tertiary/aromatic N) is 1. The Morgan fingerprint density at radius 2 is 1.81 bits per heavy atom. The second-order valence-corrected chi connectivity index (χ2v) is 8.54. The zero-order valence-corrected chi connectivity index (χ0v) is 15.5. The molecular weight excluding hydrogens is 371 g/mol. The number of hydrogen-bond donors (Lipinski definition) is 1. The van der Waals surface area contributed by atoms with Crippen LogP contribution in [0.4, 0.5) is 11.4 Å². The quantitative estimate of drug-likeness (QED) is 0.492. The van der Waals surface area contributed by atoms with Crippen LogP contribution in [0.3, 0.4) is 0 Å². The number of nitro benzene ring substituents is 1. The summed E-state index contributed by atoms with van der Waals surface area (Å²) in [5.74, 6) is 1.92. The van der Waals surface area contributed by atoms with Crippen molar-refractivity contribution in [2.45, 2.75) is 31.2 Å². The van der Waals surface area contributed by atoms with Crippen molar-refractivity contribution in [3.63, 3.8) is 0 Å². The van der Waals surface area contributed by atoms with E-state index in [1.165, 1.54) is 19.3 Å². The van der Waals surface area contributed by atoms with Crippen LogP contribution in [0, 0.1) is 27.9 Å². The summed E-state index contributed by atoms with van der Waals surface area (Å²) in [7, 11) is 0. The Balaban J connectivity index is 1.67. The summed E-state index contributed by atoms with van der Waals surface area (Å²) in [5.41, 5.74) is 3.20. The molecule has 0 amide bonds. The van der Waals surface area contributed by atoms with Crippen molar-refractivity contribution in [1.82, 2.24) is 0 Å². The van der Waals surface area contributed by atoms with E-state index in [1.807, 2.05) is 24.3 Å². The first kappa shape index (κ1) is 16.4. The molecule has 0 saturated heterocycles. The molecule has 1 heterocycles. The third-order valence-electron chi connectivity index (χ3n) is 6.59. The highest BCUT2D eigenvalue weighted by Crippen LogP contribution is 2.64. The predicted octanol–water partition coefficient (Wildman–Crippen LogP) is 6.20. The van der Waals surface area contributed by atoms with Gasteiger partial charge in [-0.15, -0.1) is 0 Å². The zero-order valence-electron chi connectivity index (χ0n) is 14.0. The monoisotopic (exact) mass is 388 g/mol. The van der Waals surface area contributed by atoms with Crippen molar-refractivity contribution in [3.8, 4) is 0 Å². The lowest BCUT2D eigenvalue weighted by Gasteiger charge is -2.43. The molecule has 5 unspecified atom stereocenters. The van der Waals surface area contributed by atoms with Crippen LogP contribution in [0.5, 0.6) is 0 Å². The zero-order chi connectivity index (χ0) is 18.0. The molecule has 2 bridgehead atoms. The largest absolute Gasteiger partial charge is 0.378 e. The Labute approximate surface area is 161 Å². The van der Waals surface area contributed by atoms with Crippen molar-refractivity contribution < 1.29 is 4.92 Å². The molecule has 2 aliphatic carbocycles. The van der Waals surface area contributed by atoms with E-state index < -0.39 is 0 Å². The molecular formula is C20H18Cl2N2O2. The van der Waals surface area contributed by atoms with Gasteiger partial charge in [-0.2, -0.15) is 0 Å². The van der Waals surface area contributed by atoms with Crippen LogP contribution in [0.25, 0.3) is 0 Å². The molecule has 5 rings (SSSR count). The lowest BCUT2D eigenvalue weighted by atomic mass is 9.68. The van der Waals surface area contributed by atoms with Crippen LogP contribution in [0.15, 0.2) is 36.4 Å². The van der Waals surface area contributed by atoms with Crippen LogP contribution >= 0.6 is 23.2 Å². The molecule has 2 aromatic rings. The van der Waals surface area contributed by atoms with Crippen molar-refractivity contribution in [3.05, 3.63) is 67.7 Å². The topological polar surface area (TPSA) is 55.2 Å². The van der Waals surface area contributed by atoms with Gasteiger partial charge in [0, 0.05) is 33.4 Å². The minimum absolute atomic E-state index is 0.0467. The van der Waals surface area contributed by atoms with Crippen molar-refractivity contribution in [2.24, 2.45) is 17.8 Å². The summed E-state index contributed by atoms with van der Waals surface area (Å²) in [4.78, 5) is 11.0. The predicted molar refractivity (Wildman–Crippen MR) is 103 cm³/mol. The molecule has 5 atom stereocenters. The summed E-state index contributed by atoms with van der Waals surface area (Å²) < 4.78 is 0. The van der Waals surface area contributed by atoms with E-state index in [0.717, 1.165) is 16.8 Å². The van der Waals surface area contributed by atoms with E-state index in [9.17, 15) is 10.1 Å². The van der Waals surface area contributed by atoms with E-state index in [-0.39, 0.29) is 16.7 Å². The number of nitrogens with one attached hydrogen (secondary N) is 1. The van der Waals surface area contributed by atoms with Gasteiger partial charge in [0.1, 0.15) is 0 Å².